The van der Waals surface area contributed by atoms with Crippen LogP contribution in [0.2, 0.25) is 0 Å². The number of benzene rings is 2. The summed E-state index contributed by atoms with van der Waals surface area (Å²) in [5.41, 5.74) is 4.37. The maximum atomic E-state index is 13.0. The topological polar surface area (TPSA) is 53.3 Å². The van der Waals surface area contributed by atoms with Crippen molar-refractivity contribution >= 4 is 11.4 Å². The molecule has 6 heteroatoms. The van der Waals surface area contributed by atoms with Crippen LogP contribution in [-0.4, -0.2) is 34.1 Å². The van der Waals surface area contributed by atoms with Crippen molar-refractivity contribution in [3.63, 3.8) is 0 Å². The molecule has 1 aliphatic heterocycles. The van der Waals surface area contributed by atoms with Gasteiger partial charge in [-0.15, -0.1) is 0 Å². The van der Waals surface area contributed by atoms with Crippen LogP contribution < -0.4 is 10.2 Å². The van der Waals surface area contributed by atoms with Gasteiger partial charge in [-0.2, -0.15) is 5.10 Å². The number of aliphatic hydroxyl groups excluding tert-OH is 1. The zero-order valence-corrected chi connectivity index (χ0v) is 15.8. The van der Waals surface area contributed by atoms with E-state index in [9.17, 15) is 9.50 Å². The first-order valence-corrected chi connectivity index (χ1v) is 9.69. The third-order valence-electron chi connectivity index (χ3n) is 5.14. The second-order valence-corrected chi connectivity index (χ2v) is 7.26. The van der Waals surface area contributed by atoms with Gasteiger partial charge in [-0.25, -0.2) is 4.39 Å². The highest BCUT2D eigenvalue weighted by atomic mass is 19.1. The number of piperidine rings is 1. The first-order chi connectivity index (χ1) is 13.7. The van der Waals surface area contributed by atoms with E-state index in [2.05, 4.69) is 27.4 Å². The average Bonchev–Trinajstić information content (AvgIpc) is 3.16. The second kappa shape index (κ2) is 8.44. The lowest BCUT2D eigenvalue weighted by atomic mass is 10.1. The Balaban J connectivity index is 1.39. The van der Waals surface area contributed by atoms with E-state index in [0.717, 1.165) is 42.7 Å². The first-order valence-electron chi connectivity index (χ1n) is 9.69. The summed E-state index contributed by atoms with van der Waals surface area (Å²) in [4.78, 5) is 2.33. The number of rotatable bonds is 6. The van der Waals surface area contributed by atoms with Gasteiger partial charge >= 0.3 is 0 Å². The van der Waals surface area contributed by atoms with Crippen LogP contribution in [-0.2, 0) is 13.1 Å². The van der Waals surface area contributed by atoms with Gasteiger partial charge in [0.1, 0.15) is 5.82 Å². The zero-order chi connectivity index (χ0) is 19.3. The monoisotopic (exact) mass is 380 g/mol. The molecule has 0 saturated carbocycles. The van der Waals surface area contributed by atoms with Crippen LogP contribution >= 0.6 is 0 Å². The average molecular weight is 380 g/mol. The van der Waals surface area contributed by atoms with Crippen LogP contribution in [0.4, 0.5) is 15.8 Å². The lowest BCUT2D eigenvalue weighted by molar-refractivity contribution is 0.145. The Morgan fingerprint density at radius 3 is 2.57 bits per heavy atom. The summed E-state index contributed by atoms with van der Waals surface area (Å²) in [6.45, 7) is 3.04. The predicted molar refractivity (Wildman–Crippen MR) is 109 cm³/mol. The Hall–Kier alpha value is -2.86. The molecule has 0 amide bonds. The molecule has 0 spiro atoms. The second-order valence-electron chi connectivity index (χ2n) is 7.26. The van der Waals surface area contributed by atoms with Gasteiger partial charge in [-0.3, -0.25) is 4.68 Å². The highest BCUT2D eigenvalue weighted by molar-refractivity contribution is 5.70. The number of para-hydroxylation sites is 2. The minimum Gasteiger partial charge on any atom is -0.393 e. The van der Waals surface area contributed by atoms with Crippen molar-refractivity contribution < 1.29 is 9.50 Å². The summed E-state index contributed by atoms with van der Waals surface area (Å²) >= 11 is 0. The quantitative estimate of drug-likeness (QED) is 0.686. The molecule has 4 rings (SSSR count). The molecule has 2 aromatic carbocycles. The molecular formula is C22H25FN4O. The number of nitrogens with zero attached hydrogens (tertiary/aromatic N) is 3. The molecule has 0 unspecified atom stereocenters. The SMILES string of the molecule is OC1CCN(c2ccccc2NCc2cnn(Cc3ccc(F)cc3)c2)CC1. The summed E-state index contributed by atoms with van der Waals surface area (Å²) in [6, 6.07) is 14.8. The van der Waals surface area contributed by atoms with E-state index in [1.165, 1.54) is 17.8 Å². The van der Waals surface area contributed by atoms with Gasteiger partial charge in [-0.1, -0.05) is 24.3 Å². The van der Waals surface area contributed by atoms with Crippen LogP contribution in [0.5, 0.6) is 0 Å². The molecular weight excluding hydrogens is 355 g/mol. The summed E-state index contributed by atoms with van der Waals surface area (Å²) in [6.07, 6.45) is 5.31. The molecule has 0 atom stereocenters. The van der Waals surface area contributed by atoms with Gasteiger partial charge < -0.3 is 15.3 Å². The fraction of sp³-hybridized carbons (Fsp3) is 0.318. The Morgan fingerprint density at radius 2 is 1.79 bits per heavy atom. The lowest BCUT2D eigenvalue weighted by Crippen LogP contribution is -2.36. The molecule has 0 bridgehead atoms. The van der Waals surface area contributed by atoms with E-state index >= 15 is 0 Å². The minimum atomic E-state index is -0.226. The maximum absolute atomic E-state index is 13.0. The molecule has 3 aromatic rings. The van der Waals surface area contributed by atoms with Crippen LogP contribution in [0.15, 0.2) is 60.9 Å². The summed E-state index contributed by atoms with van der Waals surface area (Å²) < 4.78 is 14.9. The van der Waals surface area contributed by atoms with Gasteiger partial charge in [0.15, 0.2) is 0 Å². The molecule has 1 aliphatic rings. The number of anilines is 2. The van der Waals surface area contributed by atoms with Gasteiger partial charge in [-0.05, 0) is 42.7 Å². The molecule has 2 N–H and O–H groups in total. The van der Waals surface area contributed by atoms with Crippen molar-refractivity contribution in [3.05, 3.63) is 77.9 Å². The number of aliphatic hydroxyl groups is 1. The fourth-order valence-corrected chi connectivity index (χ4v) is 3.56. The third-order valence-corrected chi connectivity index (χ3v) is 5.14. The van der Waals surface area contributed by atoms with Crippen molar-refractivity contribution in [3.8, 4) is 0 Å². The predicted octanol–water partition coefficient (Wildman–Crippen LogP) is 3.64. The summed E-state index contributed by atoms with van der Waals surface area (Å²) in [5.74, 6) is -0.226. The van der Waals surface area contributed by atoms with Crippen molar-refractivity contribution in [1.29, 1.82) is 0 Å². The Kier molecular flexibility index (Phi) is 5.58. The van der Waals surface area contributed by atoms with E-state index in [1.807, 2.05) is 29.2 Å². The molecule has 2 heterocycles. The van der Waals surface area contributed by atoms with Gasteiger partial charge in [0, 0.05) is 31.4 Å². The number of aromatic nitrogens is 2. The lowest BCUT2D eigenvalue weighted by Gasteiger charge is -2.33. The Morgan fingerprint density at radius 1 is 1.04 bits per heavy atom. The standard InChI is InChI=1S/C22H25FN4O/c23-19-7-5-17(6-8-19)15-27-16-18(14-25-27)13-24-21-3-1-2-4-22(21)26-11-9-20(28)10-12-26/h1-8,14,16,20,24,28H,9-13,15H2. The van der Waals surface area contributed by atoms with Crippen LogP contribution in [0.3, 0.4) is 0 Å². The third kappa shape index (κ3) is 4.51. The Bertz CT molecular complexity index is 901. The van der Waals surface area contributed by atoms with E-state index in [0.29, 0.717) is 13.1 Å². The molecule has 1 aromatic heterocycles. The number of hydrogen-bond acceptors (Lipinski definition) is 4. The molecule has 0 radical (unpaired) electrons. The molecule has 28 heavy (non-hydrogen) atoms. The number of nitrogens with one attached hydrogen (secondary N) is 1. The maximum Gasteiger partial charge on any atom is 0.123 e. The molecule has 0 aliphatic carbocycles. The van der Waals surface area contributed by atoms with E-state index in [1.54, 1.807) is 12.1 Å². The van der Waals surface area contributed by atoms with Gasteiger partial charge in [0.25, 0.3) is 0 Å². The van der Waals surface area contributed by atoms with Gasteiger partial charge in [0.05, 0.1) is 30.2 Å². The minimum absolute atomic E-state index is 0.177. The van der Waals surface area contributed by atoms with E-state index in [-0.39, 0.29) is 11.9 Å². The van der Waals surface area contributed by atoms with Crippen molar-refractivity contribution in [2.45, 2.75) is 32.0 Å². The molecule has 1 saturated heterocycles. The highest BCUT2D eigenvalue weighted by Crippen LogP contribution is 2.28. The van der Waals surface area contributed by atoms with Gasteiger partial charge in [0.2, 0.25) is 0 Å². The van der Waals surface area contributed by atoms with E-state index in [4.69, 9.17) is 0 Å². The highest BCUT2D eigenvalue weighted by Gasteiger charge is 2.19. The molecule has 146 valence electrons. The summed E-state index contributed by atoms with van der Waals surface area (Å²) in [7, 11) is 0. The van der Waals surface area contributed by atoms with Crippen molar-refractivity contribution in [1.82, 2.24) is 9.78 Å². The fourth-order valence-electron chi connectivity index (χ4n) is 3.56. The van der Waals surface area contributed by atoms with Crippen molar-refractivity contribution in [2.75, 3.05) is 23.3 Å². The van der Waals surface area contributed by atoms with Crippen LogP contribution in [0.25, 0.3) is 0 Å². The van der Waals surface area contributed by atoms with Crippen LogP contribution in [0, 0.1) is 5.82 Å². The van der Waals surface area contributed by atoms with Crippen LogP contribution in [0.1, 0.15) is 24.0 Å². The smallest absolute Gasteiger partial charge is 0.123 e. The van der Waals surface area contributed by atoms with Crippen molar-refractivity contribution in [2.24, 2.45) is 0 Å². The normalized spacial score (nSPS) is 15.0. The molecule has 1 fully saturated rings. The van der Waals surface area contributed by atoms with E-state index < -0.39 is 0 Å². The number of halogens is 1. The molecule has 5 nitrogen and oxygen atoms in total. The zero-order valence-electron chi connectivity index (χ0n) is 15.8. The largest absolute Gasteiger partial charge is 0.393 e. The summed E-state index contributed by atoms with van der Waals surface area (Å²) in [5, 5.41) is 17.7. The number of hydrogen-bond donors (Lipinski definition) is 2. The first kappa shape index (κ1) is 18.5. The Labute approximate surface area is 164 Å².